The first kappa shape index (κ1) is 19.7. The number of unbranched alkanes of at least 4 members (excludes halogenated alkanes) is 14. The zero-order valence-electron chi connectivity index (χ0n) is 14.2. The molecule has 0 bridgehead atoms. The fourth-order valence-corrected chi connectivity index (χ4v) is 2.60. The van der Waals surface area contributed by atoms with Gasteiger partial charge in [0.25, 0.3) is 0 Å². The van der Waals surface area contributed by atoms with Gasteiger partial charge < -0.3 is 0 Å². The molecule has 0 heterocycles. The van der Waals surface area contributed by atoms with Crippen LogP contribution in [0.15, 0.2) is 12.2 Å². The van der Waals surface area contributed by atoms with Crippen molar-refractivity contribution in [2.75, 3.05) is 0 Å². The third-order valence-electron chi connectivity index (χ3n) is 4.01. The van der Waals surface area contributed by atoms with Crippen molar-refractivity contribution in [3.63, 3.8) is 0 Å². The lowest BCUT2D eigenvalue weighted by Crippen LogP contribution is -1.81. The molecule has 0 aromatic rings. The minimum Gasteiger partial charge on any atom is -0.0885 e. The first-order valence-corrected chi connectivity index (χ1v) is 9.36. The van der Waals surface area contributed by atoms with Crippen LogP contribution in [0.1, 0.15) is 110 Å². The molecule has 0 amide bonds. The molecule has 0 rings (SSSR count). The molecule has 20 heavy (non-hydrogen) atoms. The van der Waals surface area contributed by atoms with E-state index in [0.717, 1.165) is 6.42 Å². The highest BCUT2D eigenvalue weighted by atomic mass is 14.0. The number of allylic oxidation sites excluding steroid dienone is 2. The lowest BCUT2D eigenvalue weighted by Gasteiger charge is -2.01. The van der Waals surface area contributed by atoms with Crippen LogP contribution < -0.4 is 0 Å². The van der Waals surface area contributed by atoms with E-state index < -0.39 is 0 Å². The fourth-order valence-electron chi connectivity index (χ4n) is 2.60. The van der Waals surface area contributed by atoms with Gasteiger partial charge in [0, 0.05) is 0 Å². The molecule has 0 spiro atoms. The van der Waals surface area contributed by atoms with E-state index in [0.29, 0.717) is 0 Å². The van der Waals surface area contributed by atoms with Crippen LogP contribution in [0, 0.1) is 6.92 Å². The second-order valence-electron chi connectivity index (χ2n) is 6.14. The first-order valence-electron chi connectivity index (χ1n) is 9.36. The zero-order chi connectivity index (χ0) is 14.7. The normalized spacial score (nSPS) is 11.5. The van der Waals surface area contributed by atoms with Crippen molar-refractivity contribution in [1.29, 1.82) is 0 Å². The second-order valence-corrected chi connectivity index (χ2v) is 6.14. The smallest absolute Gasteiger partial charge is 0.0351 e. The second kappa shape index (κ2) is 18.7. The average molecular weight is 280 g/mol. The van der Waals surface area contributed by atoms with Crippen molar-refractivity contribution in [1.82, 2.24) is 0 Å². The maximum absolute atomic E-state index is 3.89. The average Bonchev–Trinajstić information content (AvgIpc) is 2.47. The topological polar surface area (TPSA) is 0 Å². The molecule has 0 fully saturated rings. The maximum Gasteiger partial charge on any atom is -0.0351 e. The Kier molecular flexibility index (Phi) is 18.5. The van der Waals surface area contributed by atoms with Gasteiger partial charge >= 0.3 is 0 Å². The molecule has 0 aliphatic rings. The summed E-state index contributed by atoms with van der Waals surface area (Å²) >= 11 is 0. The summed E-state index contributed by atoms with van der Waals surface area (Å²) in [5, 5.41) is 0. The first-order chi connectivity index (χ1) is 9.91. The molecular formula is C20H39. The Labute approximate surface area is 129 Å². The van der Waals surface area contributed by atoms with Crippen LogP contribution in [0.5, 0.6) is 0 Å². The molecule has 0 aromatic heterocycles. The fraction of sp³-hybridized carbons (Fsp3) is 0.850. The number of hydrogen-bond acceptors (Lipinski definition) is 0. The summed E-state index contributed by atoms with van der Waals surface area (Å²) in [6.07, 6.45) is 26.8. The van der Waals surface area contributed by atoms with Crippen molar-refractivity contribution in [3.8, 4) is 0 Å². The summed E-state index contributed by atoms with van der Waals surface area (Å²) in [7, 11) is 0. The molecule has 119 valence electrons. The molecule has 0 nitrogen and oxygen atoms in total. The van der Waals surface area contributed by atoms with Gasteiger partial charge in [0.2, 0.25) is 0 Å². The van der Waals surface area contributed by atoms with Crippen molar-refractivity contribution < 1.29 is 0 Å². The van der Waals surface area contributed by atoms with Gasteiger partial charge in [-0.3, -0.25) is 0 Å². The highest BCUT2D eigenvalue weighted by molar-refractivity contribution is 4.81. The van der Waals surface area contributed by atoms with Crippen LogP contribution in [0.2, 0.25) is 0 Å². The van der Waals surface area contributed by atoms with Crippen molar-refractivity contribution >= 4 is 0 Å². The quantitative estimate of drug-likeness (QED) is 0.201. The van der Waals surface area contributed by atoms with E-state index in [9.17, 15) is 0 Å². The van der Waals surface area contributed by atoms with E-state index in [-0.39, 0.29) is 0 Å². The van der Waals surface area contributed by atoms with Gasteiger partial charge in [-0.15, -0.1) is 0 Å². The predicted octanol–water partition coefficient (Wildman–Crippen LogP) is 7.64. The van der Waals surface area contributed by atoms with E-state index in [1.165, 1.54) is 96.3 Å². The highest BCUT2D eigenvalue weighted by Crippen LogP contribution is 2.11. The lowest BCUT2D eigenvalue weighted by atomic mass is 10.1. The Bertz CT molecular complexity index is 180. The molecular weight excluding hydrogens is 240 g/mol. The largest absolute Gasteiger partial charge is 0.0885 e. The molecule has 0 N–H and O–H groups in total. The van der Waals surface area contributed by atoms with Gasteiger partial charge in [-0.25, -0.2) is 0 Å². The third-order valence-corrected chi connectivity index (χ3v) is 4.01. The summed E-state index contributed by atoms with van der Waals surface area (Å²) < 4.78 is 0. The summed E-state index contributed by atoms with van der Waals surface area (Å²) in [6.45, 7) is 6.16. The Morgan fingerprint density at radius 2 is 0.950 bits per heavy atom. The van der Waals surface area contributed by atoms with Crippen LogP contribution in [-0.4, -0.2) is 0 Å². The SMILES string of the molecule is [CH2]CCCCCCCCCCC/C=C/CCCCCC. The molecule has 0 heteroatoms. The molecule has 1 radical (unpaired) electrons. The van der Waals surface area contributed by atoms with Gasteiger partial charge in [0.05, 0.1) is 0 Å². The highest BCUT2D eigenvalue weighted by Gasteiger charge is 1.92. The zero-order valence-corrected chi connectivity index (χ0v) is 14.2. The van der Waals surface area contributed by atoms with Crippen molar-refractivity contribution in [3.05, 3.63) is 19.1 Å². The molecule has 0 aliphatic carbocycles. The van der Waals surface area contributed by atoms with E-state index >= 15 is 0 Å². The summed E-state index contributed by atoms with van der Waals surface area (Å²) in [5.74, 6) is 0. The van der Waals surface area contributed by atoms with Crippen LogP contribution in [-0.2, 0) is 0 Å². The molecule has 0 atom stereocenters. The summed E-state index contributed by atoms with van der Waals surface area (Å²) in [6, 6.07) is 0. The Hall–Kier alpha value is -0.260. The van der Waals surface area contributed by atoms with Crippen molar-refractivity contribution in [2.45, 2.75) is 110 Å². The predicted molar refractivity (Wildman–Crippen MR) is 94.0 cm³/mol. The summed E-state index contributed by atoms with van der Waals surface area (Å²) in [4.78, 5) is 0. The Morgan fingerprint density at radius 1 is 0.550 bits per heavy atom. The Balaban J connectivity index is 3.00. The number of rotatable bonds is 16. The molecule has 0 aliphatic heterocycles. The van der Waals surface area contributed by atoms with E-state index in [1.54, 1.807) is 0 Å². The van der Waals surface area contributed by atoms with Crippen LogP contribution in [0.4, 0.5) is 0 Å². The van der Waals surface area contributed by atoms with Crippen LogP contribution in [0.3, 0.4) is 0 Å². The minimum atomic E-state index is 1.12. The molecule has 0 aromatic carbocycles. The van der Waals surface area contributed by atoms with Crippen LogP contribution >= 0.6 is 0 Å². The van der Waals surface area contributed by atoms with E-state index in [2.05, 4.69) is 26.0 Å². The van der Waals surface area contributed by atoms with Crippen LogP contribution in [0.25, 0.3) is 0 Å². The van der Waals surface area contributed by atoms with Gasteiger partial charge in [-0.1, -0.05) is 103 Å². The monoisotopic (exact) mass is 279 g/mol. The Morgan fingerprint density at radius 3 is 1.40 bits per heavy atom. The molecule has 0 unspecified atom stereocenters. The molecule has 0 saturated heterocycles. The van der Waals surface area contributed by atoms with Gasteiger partial charge in [0.15, 0.2) is 0 Å². The maximum atomic E-state index is 3.89. The van der Waals surface area contributed by atoms with Gasteiger partial charge in [0.1, 0.15) is 0 Å². The minimum absolute atomic E-state index is 1.12. The molecule has 0 saturated carbocycles. The third kappa shape index (κ3) is 17.7. The van der Waals surface area contributed by atoms with Gasteiger partial charge in [-0.05, 0) is 25.7 Å². The van der Waals surface area contributed by atoms with E-state index in [4.69, 9.17) is 0 Å². The van der Waals surface area contributed by atoms with Gasteiger partial charge in [-0.2, -0.15) is 0 Å². The van der Waals surface area contributed by atoms with E-state index in [1.807, 2.05) is 0 Å². The standard InChI is InChI=1S/C20H39/c1-3-5-7-9-11-13-15-17-19-20-18-16-14-12-10-8-6-4-2/h14,16H,1,3-13,15,17-20H2,2H3/b16-14+. The lowest BCUT2D eigenvalue weighted by molar-refractivity contribution is 0.561. The van der Waals surface area contributed by atoms with Crippen molar-refractivity contribution in [2.24, 2.45) is 0 Å². The summed E-state index contributed by atoms with van der Waals surface area (Å²) in [5.41, 5.74) is 0. The number of hydrogen-bond donors (Lipinski definition) is 0.